The van der Waals surface area contributed by atoms with Crippen LogP contribution in [0.1, 0.15) is 32.6 Å². The standard InChI is InChI=1S/C11H20N2OS/c1-2-15-11(14)13-10-8-6-4-3-5-7-9(10)12/h3,5,9-10H,2,4,6-8,12H2,1H3,(H,13,14)/b5-3+/t9-,10?/m0/s1. The fourth-order valence-electron chi connectivity index (χ4n) is 1.71. The molecule has 0 aromatic carbocycles. The van der Waals surface area contributed by atoms with E-state index in [1.54, 1.807) is 0 Å². The van der Waals surface area contributed by atoms with Gasteiger partial charge in [0.05, 0.1) is 0 Å². The van der Waals surface area contributed by atoms with Crippen LogP contribution in [0.5, 0.6) is 0 Å². The molecule has 1 amide bonds. The molecule has 1 unspecified atom stereocenters. The zero-order valence-electron chi connectivity index (χ0n) is 9.24. The smallest absolute Gasteiger partial charge is 0.279 e. The van der Waals surface area contributed by atoms with Crippen molar-refractivity contribution in [2.75, 3.05) is 5.75 Å². The van der Waals surface area contributed by atoms with Crippen molar-refractivity contribution in [3.05, 3.63) is 12.2 Å². The van der Waals surface area contributed by atoms with Crippen LogP contribution in [0.4, 0.5) is 4.79 Å². The summed E-state index contributed by atoms with van der Waals surface area (Å²) >= 11 is 1.32. The fraction of sp³-hybridized carbons (Fsp3) is 0.727. The van der Waals surface area contributed by atoms with E-state index in [1.165, 1.54) is 11.8 Å². The summed E-state index contributed by atoms with van der Waals surface area (Å²) in [6.45, 7) is 1.98. The molecule has 1 rings (SSSR count). The van der Waals surface area contributed by atoms with Gasteiger partial charge in [0.15, 0.2) is 0 Å². The summed E-state index contributed by atoms with van der Waals surface area (Å²) in [7, 11) is 0. The molecule has 1 aliphatic rings. The molecule has 15 heavy (non-hydrogen) atoms. The molecule has 0 spiro atoms. The maximum absolute atomic E-state index is 11.4. The number of rotatable bonds is 2. The van der Waals surface area contributed by atoms with Crippen LogP contribution >= 0.6 is 11.8 Å². The highest BCUT2D eigenvalue weighted by Crippen LogP contribution is 2.13. The second-order valence-electron chi connectivity index (χ2n) is 3.77. The maximum Gasteiger partial charge on any atom is 0.279 e. The van der Waals surface area contributed by atoms with Gasteiger partial charge < -0.3 is 11.1 Å². The topological polar surface area (TPSA) is 55.1 Å². The highest BCUT2D eigenvalue weighted by atomic mass is 32.2. The SMILES string of the molecule is CCSC(=O)NC1CCC/C=C/C[C@@H]1N. The second-order valence-corrected chi connectivity index (χ2v) is 5.01. The first-order valence-electron chi connectivity index (χ1n) is 5.58. The Balaban J connectivity index is 2.43. The summed E-state index contributed by atoms with van der Waals surface area (Å²) in [5.74, 6) is 0.813. The average molecular weight is 228 g/mol. The normalized spacial score (nSPS) is 28.9. The van der Waals surface area contributed by atoms with Crippen LogP contribution in [0.25, 0.3) is 0 Å². The van der Waals surface area contributed by atoms with Crippen LogP contribution in [0.2, 0.25) is 0 Å². The first kappa shape index (κ1) is 12.6. The molecule has 3 N–H and O–H groups in total. The molecule has 0 saturated carbocycles. The molecule has 0 aliphatic heterocycles. The Kier molecular flexibility index (Phi) is 5.79. The number of carbonyl (C=O) groups is 1. The zero-order valence-corrected chi connectivity index (χ0v) is 10.1. The highest BCUT2D eigenvalue weighted by Gasteiger charge is 2.19. The van der Waals surface area contributed by atoms with Crippen LogP contribution in [0, 0.1) is 0 Å². The van der Waals surface area contributed by atoms with Gasteiger partial charge in [0.1, 0.15) is 0 Å². The van der Waals surface area contributed by atoms with Gasteiger partial charge in [-0.2, -0.15) is 0 Å². The van der Waals surface area contributed by atoms with Crippen molar-refractivity contribution in [3.63, 3.8) is 0 Å². The zero-order chi connectivity index (χ0) is 11.1. The lowest BCUT2D eigenvalue weighted by molar-refractivity contribution is 0.253. The monoisotopic (exact) mass is 228 g/mol. The van der Waals surface area contributed by atoms with Gasteiger partial charge >= 0.3 is 0 Å². The maximum atomic E-state index is 11.4. The molecule has 3 nitrogen and oxygen atoms in total. The second kappa shape index (κ2) is 6.90. The summed E-state index contributed by atoms with van der Waals surface area (Å²) in [4.78, 5) is 11.4. The largest absolute Gasteiger partial charge is 0.343 e. The lowest BCUT2D eigenvalue weighted by atomic mass is 9.97. The molecule has 0 bridgehead atoms. The highest BCUT2D eigenvalue weighted by molar-refractivity contribution is 8.13. The molecule has 0 aromatic heterocycles. The fourth-order valence-corrected chi connectivity index (χ4v) is 2.21. The molecule has 1 aliphatic carbocycles. The minimum Gasteiger partial charge on any atom is -0.343 e. The molecule has 86 valence electrons. The Hall–Kier alpha value is -0.480. The summed E-state index contributed by atoms with van der Waals surface area (Å²) in [5, 5.41) is 3.06. The van der Waals surface area contributed by atoms with E-state index in [1.807, 2.05) is 6.92 Å². The number of hydrogen-bond donors (Lipinski definition) is 2. The van der Waals surface area contributed by atoms with Gasteiger partial charge in [0, 0.05) is 12.1 Å². The number of thioether (sulfide) groups is 1. The van der Waals surface area contributed by atoms with Crippen LogP contribution in [-0.2, 0) is 0 Å². The summed E-state index contributed by atoms with van der Waals surface area (Å²) in [6, 6.07) is 0.199. The third-order valence-corrected chi connectivity index (χ3v) is 3.23. The average Bonchev–Trinajstić information content (AvgIpc) is 2.18. The van der Waals surface area contributed by atoms with Crippen molar-refractivity contribution in [2.45, 2.75) is 44.7 Å². The van der Waals surface area contributed by atoms with Gasteiger partial charge in [0.2, 0.25) is 0 Å². The first-order chi connectivity index (χ1) is 7.24. The van der Waals surface area contributed by atoms with E-state index in [0.29, 0.717) is 0 Å². The van der Waals surface area contributed by atoms with Crippen LogP contribution in [0.15, 0.2) is 12.2 Å². The van der Waals surface area contributed by atoms with E-state index in [0.717, 1.165) is 31.4 Å². The van der Waals surface area contributed by atoms with Gasteiger partial charge in [-0.3, -0.25) is 4.79 Å². The molecule has 0 aromatic rings. The third-order valence-electron chi connectivity index (χ3n) is 2.56. The Morgan fingerprint density at radius 1 is 1.60 bits per heavy atom. The predicted octanol–water partition coefficient (Wildman–Crippen LogP) is 2.28. The summed E-state index contributed by atoms with van der Waals surface area (Å²) < 4.78 is 0. The molecular formula is C11H20N2OS. The number of allylic oxidation sites excluding steroid dienone is 1. The Morgan fingerprint density at radius 3 is 3.13 bits per heavy atom. The molecule has 0 saturated heterocycles. The van der Waals surface area contributed by atoms with E-state index in [4.69, 9.17) is 5.73 Å². The van der Waals surface area contributed by atoms with Crippen molar-refractivity contribution in [3.8, 4) is 0 Å². The number of hydrogen-bond acceptors (Lipinski definition) is 3. The van der Waals surface area contributed by atoms with E-state index in [-0.39, 0.29) is 17.3 Å². The number of carbonyl (C=O) groups excluding carboxylic acids is 1. The molecule has 0 fully saturated rings. The van der Waals surface area contributed by atoms with Gasteiger partial charge in [-0.25, -0.2) is 0 Å². The Morgan fingerprint density at radius 2 is 2.40 bits per heavy atom. The van der Waals surface area contributed by atoms with Crippen molar-refractivity contribution in [2.24, 2.45) is 5.73 Å². The van der Waals surface area contributed by atoms with Crippen LogP contribution in [0.3, 0.4) is 0 Å². The van der Waals surface area contributed by atoms with Gasteiger partial charge in [-0.05, 0) is 31.4 Å². The molecular weight excluding hydrogens is 208 g/mol. The predicted molar refractivity (Wildman–Crippen MR) is 66.0 cm³/mol. The Labute approximate surface area is 95.9 Å². The lowest BCUT2D eigenvalue weighted by Crippen LogP contribution is -2.46. The van der Waals surface area contributed by atoms with E-state index >= 15 is 0 Å². The minimum atomic E-state index is 0.0579. The van der Waals surface area contributed by atoms with Gasteiger partial charge in [-0.15, -0.1) is 0 Å². The van der Waals surface area contributed by atoms with E-state index < -0.39 is 0 Å². The van der Waals surface area contributed by atoms with Gasteiger partial charge in [-0.1, -0.05) is 30.8 Å². The van der Waals surface area contributed by atoms with Gasteiger partial charge in [0.25, 0.3) is 5.24 Å². The molecule has 0 heterocycles. The lowest BCUT2D eigenvalue weighted by Gasteiger charge is -2.25. The molecule has 0 radical (unpaired) electrons. The third kappa shape index (κ3) is 4.71. The van der Waals surface area contributed by atoms with Crippen molar-refractivity contribution in [1.29, 1.82) is 0 Å². The van der Waals surface area contributed by atoms with Crippen LogP contribution < -0.4 is 11.1 Å². The molecule has 2 atom stereocenters. The number of nitrogens with two attached hydrogens (primary N) is 1. The number of nitrogens with one attached hydrogen (secondary N) is 1. The summed E-state index contributed by atoms with van der Waals surface area (Å²) in [5.41, 5.74) is 6.02. The van der Waals surface area contributed by atoms with Crippen molar-refractivity contribution >= 4 is 17.0 Å². The number of amides is 1. The first-order valence-corrected chi connectivity index (χ1v) is 6.56. The van der Waals surface area contributed by atoms with E-state index in [2.05, 4.69) is 17.5 Å². The molecule has 4 heteroatoms. The Bertz CT molecular complexity index is 231. The minimum absolute atomic E-state index is 0.0579. The van der Waals surface area contributed by atoms with E-state index in [9.17, 15) is 4.79 Å². The quantitative estimate of drug-likeness (QED) is 0.713. The van der Waals surface area contributed by atoms with Crippen molar-refractivity contribution in [1.82, 2.24) is 5.32 Å². The summed E-state index contributed by atoms with van der Waals surface area (Å²) in [6.07, 6.45) is 8.35. The van der Waals surface area contributed by atoms with Crippen LogP contribution in [-0.4, -0.2) is 23.1 Å². The van der Waals surface area contributed by atoms with Crippen molar-refractivity contribution < 1.29 is 4.79 Å².